The predicted octanol–water partition coefficient (Wildman–Crippen LogP) is 4.45. The van der Waals surface area contributed by atoms with E-state index >= 15 is 0 Å². The zero-order valence-electron chi connectivity index (χ0n) is 12.6. The Bertz CT molecular complexity index is 655. The van der Waals surface area contributed by atoms with Gasteiger partial charge in [0.15, 0.2) is 0 Å². The predicted molar refractivity (Wildman–Crippen MR) is 83.8 cm³/mol. The summed E-state index contributed by atoms with van der Waals surface area (Å²) in [6, 6.07) is 12.3. The summed E-state index contributed by atoms with van der Waals surface area (Å²) in [6.45, 7) is 6.28. The van der Waals surface area contributed by atoms with Gasteiger partial charge in [-0.3, -0.25) is 0 Å². The number of carboxylic acid groups (broad SMARTS) is 1. The first-order valence-corrected chi connectivity index (χ1v) is 7.02. The maximum absolute atomic E-state index is 10.9. The van der Waals surface area contributed by atoms with Gasteiger partial charge in [0.25, 0.3) is 0 Å². The molecule has 0 aromatic heterocycles. The van der Waals surface area contributed by atoms with Gasteiger partial charge in [0.05, 0.1) is 5.56 Å². The average Bonchev–Trinajstić information content (AvgIpc) is 2.47. The highest BCUT2D eigenvalue weighted by atomic mass is 16.4. The number of phenols is 1. The normalized spacial score (nSPS) is 11.4. The van der Waals surface area contributed by atoms with Gasteiger partial charge >= 0.3 is 5.97 Å². The molecule has 0 aliphatic rings. The molecular weight excluding hydrogens is 264 g/mol. The molecule has 0 unspecified atom stereocenters. The molecule has 0 heterocycles. The Kier molecular flexibility index (Phi) is 4.03. The van der Waals surface area contributed by atoms with Gasteiger partial charge in [0, 0.05) is 5.56 Å². The van der Waals surface area contributed by atoms with Gasteiger partial charge in [-0.05, 0) is 47.2 Å². The Morgan fingerprint density at radius 2 is 1.62 bits per heavy atom. The summed E-state index contributed by atoms with van der Waals surface area (Å²) in [4.78, 5) is 10.9. The fraction of sp³-hybridized carbons (Fsp3) is 0.278. The summed E-state index contributed by atoms with van der Waals surface area (Å²) in [5.74, 6) is -0.632. The third-order valence-electron chi connectivity index (χ3n) is 4.07. The number of benzene rings is 2. The molecule has 110 valence electrons. The van der Waals surface area contributed by atoms with Gasteiger partial charge in [-0.1, -0.05) is 39.0 Å². The van der Waals surface area contributed by atoms with E-state index in [-0.39, 0.29) is 11.0 Å². The van der Waals surface area contributed by atoms with Crippen LogP contribution in [0, 0.1) is 0 Å². The van der Waals surface area contributed by atoms with E-state index in [0.717, 1.165) is 23.1 Å². The first kappa shape index (κ1) is 15.1. The molecule has 2 rings (SSSR count). The van der Waals surface area contributed by atoms with Crippen LogP contribution in [0.25, 0.3) is 11.1 Å². The fourth-order valence-electron chi connectivity index (χ4n) is 2.25. The Labute approximate surface area is 124 Å². The summed E-state index contributed by atoms with van der Waals surface area (Å²) in [6.07, 6.45) is 0.919. The second-order valence-electron chi connectivity index (χ2n) is 5.85. The van der Waals surface area contributed by atoms with Crippen LogP contribution in [0.5, 0.6) is 5.75 Å². The molecule has 0 amide bonds. The highest BCUT2D eigenvalue weighted by Gasteiger charge is 2.22. The Morgan fingerprint density at radius 3 is 2.14 bits per heavy atom. The number of hydrogen-bond acceptors (Lipinski definition) is 2. The van der Waals surface area contributed by atoms with Gasteiger partial charge in [-0.2, -0.15) is 0 Å². The number of aromatic hydroxyl groups is 1. The summed E-state index contributed by atoms with van der Waals surface area (Å²) >= 11 is 0. The van der Waals surface area contributed by atoms with Crippen LogP contribution in [-0.2, 0) is 5.41 Å². The minimum absolute atomic E-state index is 0.110. The van der Waals surface area contributed by atoms with Crippen molar-refractivity contribution in [3.8, 4) is 16.9 Å². The van der Waals surface area contributed by atoms with Gasteiger partial charge in [-0.15, -0.1) is 0 Å². The van der Waals surface area contributed by atoms with Crippen molar-refractivity contribution in [1.82, 2.24) is 0 Å². The van der Waals surface area contributed by atoms with Crippen molar-refractivity contribution in [2.45, 2.75) is 32.6 Å². The lowest BCUT2D eigenvalue weighted by atomic mass is 9.80. The van der Waals surface area contributed by atoms with Crippen molar-refractivity contribution in [1.29, 1.82) is 0 Å². The number of hydrogen-bond donors (Lipinski definition) is 2. The molecule has 0 atom stereocenters. The maximum Gasteiger partial charge on any atom is 0.335 e. The van der Waals surface area contributed by atoms with Crippen LogP contribution < -0.4 is 0 Å². The van der Waals surface area contributed by atoms with E-state index in [1.165, 1.54) is 0 Å². The molecule has 0 saturated carbocycles. The van der Waals surface area contributed by atoms with E-state index in [9.17, 15) is 9.90 Å². The molecule has 0 spiro atoms. The average molecular weight is 284 g/mol. The van der Waals surface area contributed by atoms with Crippen LogP contribution >= 0.6 is 0 Å². The second kappa shape index (κ2) is 5.60. The molecule has 0 fully saturated rings. The van der Waals surface area contributed by atoms with Crippen molar-refractivity contribution in [2.75, 3.05) is 0 Å². The van der Waals surface area contributed by atoms with Gasteiger partial charge in [-0.25, -0.2) is 4.79 Å². The SMILES string of the molecule is CCC(C)(C)c1cc(-c2ccc(C(=O)O)cc2)ccc1O. The summed E-state index contributed by atoms with van der Waals surface area (Å²) in [5, 5.41) is 19.0. The van der Waals surface area contributed by atoms with E-state index < -0.39 is 5.97 Å². The first-order valence-electron chi connectivity index (χ1n) is 7.02. The lowest BCUT2D eigenvalue weighted by molar-refractivity contribution is 0.0697. The summed E-state index contributed by atoms with van der Waals surface area (Å²) in [7, 11) is 0. The Morgan fingerprint density at radius 1 is 1.05 bits per heavy atom. The molecular formula is C18H20O3. The lowest BCUT2D eigenvalue weighted by Crippen LogP contribution is -2.15. The molecule has 21 heavy (non-hydrogen) atoms. The summed E-state index contributed by atoms with van der Waals surface area (Å²) in [5.41, 5.74) is 2.98. The number of aromatic carboxylic acids is 1. The Balaban J connectivity index is 2.45. The monoisotopic (exact) mass is 284 g/mol. The number of rotatable bonds is 4. The van der Waals surface area contributed by atoms with E-state index in [1.54, 1.807) is 30.3 Å². The quantitative estimate of drug-likeness (QED) is 0.872. The standard InChI is InChI=1S/C18H20O3/c1-4-18(2,3)15-11-14(9-10-16(15)19)12-5-7-13(8-6-12)17(20)21/h5-11,19H,4H2,1-3H3,(H,20,21). The smallest absolute Gasteiger partial charge is 0.335 e. The zero-order chi connectivity index (χ0) is 15.6. The highest BCUT2D eigenvalue weighted by molar-refractivity contribution is 5.88. The van der Waals surface area contributed by atoms with Crippen LogP contribution in [0.1, 0.15) is 43.1 Å². The van der Waals surface area contributed by atoms with Crippen molar-refractivity contribution in [3.05, 3.63) is 53.6 Å². The maximum atomic E-state index is 10.9. The molecule has 3 heteroatoms. The van der Waals surface area contributed by atoms with Crippen molar-refractivity contribution in [3.63, 3.8) is 0 Å². The van der Waals surface area contributed by atoms with E-state index in [0.29, 0.717) is 5.75 Å². The van der Waals surface area contributed by atoms with Gasteiger partial charge < -0.3 is 10.2 Å². The lowest BCUT2D eigenvalue weighted by Gasteiger charge is -2.25. The van der Waals surface area contributed by atoms with Crippen molar-refractivity contribution < 1.29 is 15.0 Å². The molecule has 0 aliphatic carbocycles. The number of carboxylic acids is 1. The zero-order valence-corrected chi connectivity index (χ0v) is 12.6. The Hall–Kier alpha value is -2.29. The fourth-order valence-corrected chi connectivity index (χ4v) is 2.25. The summed E-state index contributed by atoms with van der Waals surface area (Å²) < 4.78 is 0. The molecule has 3 nitrogen and oxygen atoms in total. The number of phenolic OH excluding ortho intramolecular Hbond substituents is 1. The number of carbonyl (C=O) groups is 1. The first-order chi connectivity index (χ1) is 9.85. The minimum atomic E-state index is -0.930. The largest absolute Gasteiger partial charge is 0.508 e. The molecule has 2 N–H and O–H groups in total. The van der Waals surface area contributed by atoms with Crippen LogP contribution in [-0.4, -0.2) is 16.2 Å². The van der Waals surface area contributed by atoms with Crippen LogP contribution in [0.3, 0.4) is 0 Å². The molecule has 0 radical (unpaired) electrons. The van der Waals surface area contributed by atoms with Crippen LogP contribution in [0.2, 0.25) is 0 Å². The molecule has 2 aromatic rings. The van der Waals surface area contributed by atoms with Crippen LogP contribution in [0.4, 0.5) is 0 Å². The minimum Gasteiger partial charge on any atom is -0.508 e. The third-order valence-corrected chi connectivity index (χ3v) is 4.07. The van der Waals surface area contributed by atoms with Crippen LogP contribution in [0.15, 0.2) is 42.5 Å². The van der Waals surface area contributed by atoms with Gasteiger partial charge in [0.2, 0.25) is 0 Å². The molecule has 0 aliphatic heterocycles. The van der Waals surface area contributed by atoms with E-state index in [4.69, 9.17) is 5.11 Å². The molecule has 2 aromatic carbocycles. The van der Waals surface area contributed by atoms with Crippen molar-refractivity contribution >= 4 is 5.97 Å². The van der Waals surface area contributed by atoms with Crippen molar-refractivity contribution in [2.24, 2.45) is 0 Å². The van der Waals surface area contributed by atoms with E-state index in [2.05, 4.69) is 20.8 Å². The van der Waals surface area contributed by atoms with Gasteiger partial charge in [0.1, 0.15) is 5.75 Å². The second-order valence-corrected chi connectivity index (χ2v) is 5.85. The molecule has 0 bridgehead atoms. The third kappa shape index (κ3) is 3.07. The van der Waals surface area contributed by atoms with E-state index in [1.807, 2.05) is 12.1 Å². The molecule has 0 saturated heterocycles. The topological polar surface area (TPSA) is 57.5 Å². The highest BCUT2D eigenvalue weighted by Crippen LogP contribution is 2.36.